The normalized spacial score (nSPS) is 7.60. The molecule has 0 heterocycles. The molecule has 0 saturated heterocycles. The minimum atomic E-state index is 0.803. The van der Waals surface area contributed by atoms with Crippen LogP contribution in [-0.4, -0.2) is 0 Å². The highest BCUT2D eigenvalue weighted by atomic mass is 127. The van der Waals surface area contributed by atoms with Crippen molar-refractivity contribution in [1.29, 1.82) is 5.26 Å². The second kappa shape index (κ2) is 5.51. The van der Waals surface area contributed by atoms with E-state index in [2.05, 4.69) is 29.2 Å². The summed E-state index contributed by atoms with van der Waals surface area (Å²) in [5, 5.41) is 7.30. The number of nitrogens with zero attached hydrogens (tertiary/aromatic N) is 1. The fourth-order valence-electron chi connectivity index (χ4n) is 0.460. The van der Waals surface area contributed by atoms with Gasteiger partial charge in [-0.2, -0.15) is 0 Å². The van der Waals surface area contributed by atoms with Gasteiger partial charge in [0.1, 0.15) is 0 Å². The van der Waals surface area contributed by atoms with Crippen LogP contribution in [0.15, 0.2) is 24.3 Å². The molecule has 3 heteroatoms. The minimum Gasteiger partial charge on any atom is -0.202 e. The highest BCUT2D eigenvalue weighted by Crippen LogP contribution is 2.11. The Morgan fingerprint density at radius 2 is 2.00 bits per heavy atom. The Morgan fingerprint density at radius 1 is 1.40 bits per heavy atom. The number of rotatable bonds is 0. The lowest BCUT2D eigenvalue weighted by molar-refractivity contribution is 1.58. The summed E-state index contributed by atoms with van der Waals surface area (Å²) in [6, 6.07) is 7.72. The first-order chi connectivity index (χ1) is 4.79. The molecule has 0 saturated carbocycles. The van der Waals surface area contributed by atoms with E-state index >= 15 is 0 Å². The molecule has 1 nitrogen and oxygen atoms in total. The summed E-state index contributed by atoms with van der Waals surface area (Å²) in [4.78, 5) is 0. The molecule has 0 atom stereocenters. The van der Waals surface area contributed by atoms with Crippen molar-refractivity contribution < 1.29 is 0 Å². The molecular weight excluding hydrogens is 260 g/mol. The first-order valence-corrected chi connectivity index (χ1v) is 3.91. The number of nitriles is 1. The van der Waals surface area contributed by atoms with Gasteiger partial charge in [-0.3, -0.25) is 0 Å². The van der Waals surface area contributed by atoms with Gasteiger partial charge in [-0.15, -0.1) is 0 Å². The van der Waals surface area contributed by atoms with Gasteiger partial charge < -0.3 is 0 Å². The molecule has 0 unspecified atom stereocenters. The zero-order valence-electron chi connectivity index (χ0n) is 5.09. The van der Waals surface area contributed by atoms with Gasteiger partial charge in [0.2, 0.25) is 0 Å². The molecule has 10 heavy (non-hydrogen) atoms. The van der Waals surface area contributed by atoms with Crippen LogP contribution in [0.2, 0.25) is 5.02 Å². The topological polar surface area (TPSA) is 23.8 Å². The molecule has 0 spiro atoms. The van der Waals surface area contributed by atoms with E-state index in [1.165, 1.54) is 3.57 Å². The average Bonchev–Trinajstić information content (AvgIpc) is 1.91. The Kier molecular flexibility index (Phi) is 5.36. The molecule has 0 aliphatic rings. The minimum absolute atomic E-state index is 0.803. The Morgan fingerprint density at radius 3 is 2.30 bits per heavy atom. The second-order valence-electron chi connectivity index (χ2n) is 1.44. The predicted octanol–water partition coefficient (Wildman–Crippen LogP) is 3.08. The van der Waals surface area contributed by atoms with E-state index in [0.717, 1.165) is 5.02 Å². The molecule has 0 aromatic heterocycles. The zero-order valence-corrected chi connectivity index (χ0v) is 8.00. The van der Waals surface area contributed by atoms with E-state index in [1.54, 1.807) is 0 Å². The second-order valence-corrected chi connectivity index (χ2v) is 3.12. The quantitative estimate of drug-likeness (QED) is 0.661. The summed E-state index contributed by atoms with van der Waals surface area (Å²) in [7, 11) is 0. The van der Waals surface area contributed by atoms with Crippen molar-refractivity contribution in [2.45, 2.75) is 0 Å². The molecule has 0 fully saturated rings. The summed E-state index contributed by atoms with van der Waals surface area (Å²) in [5.74, 6) is 0. The van der Waals surface area contributed by atoms with E-state index in [-0.39, 0.29) is 0 Å². The van der Waals surface area contributed by atoms with Crippen molar-refractivity contribution in [3.8, 4) is 6.57 Å². The fourth-order valence-corrected chi connectivity index (χ4v) is 1.38. The highest BCUT2D eigenvalue weighted by molar-refractivity contribution is 14.1. The lowest BCUT2D eigenvalue weighted by atomic mass is 10.4. The average molecular weight is 265 g/mol. The first-order valence-electron chi connectivity index (χ1n) is 2.46. The van der Waals surface area contributed by atoms with E-state index in [9.17, 15) is 0 Å². The Hall–Kier alpha value is -0.270. The Bertz CT molecular complexity index is 205. The third kappa shape index (κ3) is 3.70. The van der Waals surface area contributed by atoms with E-state index in [0.29, 0.717) is 0 Å². The predicted molar refractivity (Wildman–Crippen MR) is 50.8 cm³/mol. The summed E-state index contributed by atoms with van der Waals surface area (Å²) >= 11 is 7.86. The zero-order chi connectivity index (χ0) is 7.98. The summed E-state index contributed by atoms with van der Waals surface area (Å²) in [5.41, 5.74) is 0. The van der Waals surface area contributed by atoms with E-state index in [1.807, 2.05) is 24.3 Å². The van der Waals surface area contributed by atoms with Gasteiger partial charge in [-0.1, -0.05) is 17.7 Å². The maximum atomic E-state index is 6.50. The van der Waals surface area contributed by atoms with E-state index < -0.39 is 0 Å². The molecule has 52 valence electrons. The van der Waals surface area contributed by atoms with Gasteiger partial charge in [-0.05, 0) is 40.8 Å². The fraction of sp³-hybridized carbons (Fsp3) is 0. The van der Waals surface area contributed by atoms with Crippen molar-refractivity contribution in [2.24, 2.45) is 0 Å². The largest absolute Gasteiger partial charge is 0.202 e. The maximum Gasteiger partial charge on any atom is 0.0462 e. The molecule has 0 N–H and O–H groups in total. The van der Waals surface area contributed by atoms with Crippen LogP contribution >= 0.6 is 34.2 Å². The number of hydrogen-bond acceptors (Lipinski definition) is 1. The molecule has 1 aromatic rings. The SMILES string of the molecule is C#N.Clc1cccc(I)c1. The van der Waals surface area contributed by atoms with Crippen LogP contribution in [0.4, 0.5) is 0 Å². The first kappa shape index (κ1) is 9.73. The van der Waals surface area contributed by atoms with Gasteiger partial charge >= 0.3 is 0 Å². The van der Waals surface area contributed by atoms with Crippen molar-refractivity contribution >= 4 is 34.2 Å². The van der Waals surface area contributed by atoms with Gasteiger partial charge in [-0.25, -0.2) is 5.26 Å². The lowest BCUT2D eigenvalue weighted by Crippen LogP contribution is -1.65. The number of halogens is 2. The Labute approximate surface area is 78.8 Å². The lowest BCUT2D eigenvalue weighted by Gasteiger charge is -1.87. The molecule has 1 aromatic carbocycles. The molecule has 0 aliphatic carbocycles. The van der Waals surface area contributed by atoms with Crippen LogP contribution in [0.5, 0.6) is 0 Å². The van der Waals surface area contributed by atoms with Crippen LogP contribution in [0, 0.1) is 15.4 Å². The Balaban J connectivity index is 0.000000371. The summed E-state index contributed by atoms with van der Waals surface area (Å²) in [6.07, 6.45) is 0. The number of benzene rings is 1. The van der Waals surface area contributed by atoms with E-state index in [4.69, 9.17) is 16.9 Å². The van der Waals surface area contributed by atoms with Crippen LogP contribution in [-0.2, 0) is 0 Å². The summed E-state index contributed by atoms with van der Waals surface area (Å²) < 4.78 is 1.18. The number of hydrogen-bond donors (Lipinski definition) is 0. The van der Waals surface area contributed by atoms with Crippen molar-refractivity contribution in [2.75, 3.05) is 0 Å². The molecular formula is C7H5ClIN. The van der Waals surface area contributed by atoms with Crippen LogP contribution in [0.25, 0.3) is 0 Å². The third-order valence-electron chi connectivity index (χ3n) is 0.787. The standard InChI is InChI=1S/C6H4ClI.CHN/c7-5-2-1-3-6(8)4-5;1-2/h1-4H;1H. The summed E-state index contributed by atoms with van der Waals surface area (Å²) in [6.45, 7) is 3.50. The van der Waals surface area contributed by atoms with Crippen molar-refractivity contribution in [3.63, 3.8) is 0 Å². The molecule has 0 amide bonds. The van der Waals surface area contributed by atoms with Gasteiger partial charge in [0.25, 0.3) is 0 Å². The highest BCUT2D eigenvalue weighted by Gasteiger charge is 1.84. The van der Waals surface area contributed by atoms with Crippen LogP contribution in [0.1, 0.15) is 0 Å². The van der Waals surface area contributed by atoms with Crippen molar-refractivity contribution in [1.82, 2.24) is 0 Å². The van der Waals surface area contributed by atoms with Crippen LogP contribution < -0.4 is 0 Å². The smallest absolute Gasteiger partial charge is 0.0462 e. The molecule has 1 rings (SSSR count). The van der Waals surface area contributed by atoms with Crippen molar-refractivity contribution in [3.05, 3.63) is 32.9 Å². The van der Waals surface area contributed by atoms with Gasteiger partial charge in [0, 0.05) is 15.2 Å². The molecule has 0 radical (unpaired) electrons. The maximum absolute atomic E-state index is 6.50. The molecule has 0 bridgehead atoms. The third-order valence-corrected chi connectivity index (χ3v) is 1.69. The van der Waals surface area contributed by atoms with Crippen LogP contribution in [0.3, 0.4) is 0 Å². The molecule has 0 aliphatic heterocycles. The monoisotopic (exact) mass is 265 g/mol. The van der Waals surface area contributed by atoms with Gasteiger partial charge in [0.15, 0.2) is 0 Å². The van der Waals surface area contributed by atoms with Gasteiger partial charge in [0.05, 0.1) is 0 Å².